The van der Waals surface area contributed by atoms with Crippen molar-refractivity contribution in [3.05, 3.63) is 59.7 Å². The summed E-state index contributed by atoms with van der Waals surface area (Å²) in [6.45, 7) is 7.23. The van der Waals surface area contributed by atoms with Gasteiger partial charge >= 0.3 is 6.03 Å². The topological polar surface area (TPSA) is 53.6 Å². The SMILES string of the molecule is CC(C)COc1cccc(CNC(=O)NCC2CCN(c3ccc(F)c(F)c3)C2)c1. The molecule has 0 saturated carbocycles. The van der Waals surface area contributed by atoms with E-state index in [0.717, 1.165) is 30.3 Å². The van der Waals surface area contributed by atoms with E-state index in [1.165, 1.54) is 6.07 Å². The number of hydrogen-bond acceptors (Lipinski definition) is 3. The Balaban J connectivity index is 1.40. The highest BCUT2D eigenvalue weighted by atomic mass is 19.2. The lowest BCUT2D eigenvalue weighted by molar-refractivity contribution is 0.239. The fraction of sp³-hybridized carbons (Fsp3) is 0.435. The van der Waals surface area contributed by atoms with Crippen LogP contribution in [-0.4, -0.2) is 32.3 Å². The first kappa shape index (κ1) is 21.9. The van der Waals surface area contributed by atoms with Gasteiger partial charge in [-0.15, -0.1) is 0 Å². The number of rotatable bonds is 8. The molecule has 30 heavy (non-hydrogen) atoms. The standard InChI is InChI=1S/C23H29F2N3O2/c1-16(2)15-30-20-5-3-4-17(10-20)12-26-23(29)27-13-18-8-9-28(14-18)19-6-7-21(24)22(25)11-19/h3-7,10-11,16,18H,8-9,12-15H2,1-2H3,(H2,26,27,29). The number of carbonyl (C=O) groups is 1. The number of hydrogen-bond donors (Lipinski definition) is 2. The van der Waals surface area contributed by atoms with Crippen molar-refractivity contribution in [2.75, 3.05) is 31.1 Å². The van der Waals surface area contributed by atoms with Gasteiger partial charge in [-0.05, 0) is 48.1 Å². The number of nitrogens with one attached hydrogen (secondary N) is 2. The largest absolute Gasteiger partial charge is 0.493 e. The molecule has 1 aliphatic rings. The summed E-state index contributed by atoms with van der Waals surface area (Å²) < 4.78 is 32.3. The number of urea groups is 1. The molecule has 0 bridgehead atoms. The first-order valence-electron chi connectivity index (χ1n) is 10.3. The fourth-order valence-corrected chi connectivity index (χ4v) is 3.41. The van der Waals surface area contributed by atoms with Gasteiger partial charge in [-0.3, -0.25) is 0 Å². The van der Waals surface area contributed by atoms with Crippen LogP contribution in [0.4, 0.5) is 19.3 Å². The molecule has 2 aromatic carbocycles. The Labute approximate surface area is 176 Å². The molecular formula is C23H29F2N3O2. The number of ether oxygens (including phenoxy) is 1. The summed E-state index contributed by atoms with van der Waals surface area (Å²) in [6, 6.07) is 11.4. The normalized spacial score (nSPS) is 16.0. The molecule has 3 rings (SSSR count). The Kier molecular flexibility index (Phi) is 7.49. The Morgan fingerprint density at radius 3 is 2.77 bits per heavy atom. The molecule has 5 nitrogen and oxygen atoms in total. The van der Waals surface area contributed by atoms with Crippen molar-refractivity contribution >= 4 is 11.7 Å². The number of amides is 2. The summed E-state index contributed by atoms with van der Waals surface area (Å²) in [6.07, 6.45) is 0.883. The van der Waals surface area contributed by atoms with Crippen LogP contribution in [0, 0.1) is 23.5 Å². The Morgan fingerprint density at radius 2 is 2.00 bits per heavy atom. The van der Waals surface area contributed by atoms with Crippen LogP contribution in [0.3, 0.4) is 0 Å². The maximum Gasteiger partial charge on any atom is 0.315 e. The summed E-state index contributed by atoms with van der Waals surface area (Å²) in [5, 5.41) is 5.76. The van der Waals surface area contributed by atoms with Crippen LogP contribution in [0.15, 0.2) is 42.5 Å². The second-order valence-corrected chi connectivity index (χ2v) is 8.11. The van der Waals surface area contributed by atoms with Crippen molar-refractivity contribution in [1.29, 1.82) is 0 Å². The third kappa shape index (κ3) is 6.34. The highest BCUT2D eigenvalue weighted by Gasteiger charge is 2.23. The number of carbonyl (C=O) groups excluding carboxylic acids is 1. The van der Waals surface area contributed by atoms with Gasteiger partial charge < -0.3 is 20.3 Å². The zero-order valence-corrected chi connectivity index (χ0v) is 17.5. The molecule has 2 N–H and O–H groups in total. The predicted molar refractivity (Wildman–Crippen MR) is 114 cm³/mol. The second-order valence-electron chi connectivity index (χ2n) is 8.11. The molecule has 0 radical (unpaired) electrons. The van der Waals surface area contributed by atoms with E-state index in [1.807, 2.05) is 29.2 Å². The van der Waals surface area contributed by atoms with Gasteiger partial charge in [-0.1, -0.05) is 26.0 Å². The molecule has 1 fully saturated rings. The monoisotopic (exact) mass is 417 g/mol. The van der Waals surface area contributed by atoms with Crippen molar-refractivity contribution in [3.63, 3.8) is 0 Å². The molecule has 162 valence electrons. The molecule has 2 aromatic rings. The maximum atomic E-state index is 13.4. The second kappa shape index (κ2) is 10.3. The predicted octanol–water partition coefficient (Wildman–Crippen LogP) is 4.33. The molecule has 1 aliphatic heterocycles. The molecule has 2 amide bonds. The summed E-state index contributed by atoms with van der Waals surface area (Å²) in [4.78, 5) is 14.2. The van der Waals surface area contributed by atoms with Gasteiger partial charge in [0.15, 0.2) is 11.6 Å². The van der Waals surface area contributed by atoms with Gasteiger partial charge in [0.2, 0.25) is 0 Å². The quantitative estimate of drug-likeness (QED) is 0.672. The molecule has 7 heteroatoms. The molecule has 1 saturated heterocycles. The zero-order chi connectivity index (χ0) is 21.5. The number of nitrogens with zero attached hydrogens (tertiary/aromatic N) is 1. The van der Waals surface area contributed by atoms with Crippen molar-refractivity contribution in [2.45, 2.75) is 26.8 Å². The van der Waals surface area contributed by atoms with E-state index in [2.05, 4.69) is 24.5 Å². The van der Waals surface area contributed by atoms with Gasteiger partial charge in [0, 0.05) is 37.9 Å². The number of anilines is 1. The summed E-state index contributed by atoms with van der Waals surface area (Å²) >= 11 is 0. The molecular weight excluding hydrogens is 388 g/mol. The first-order valence-corrected chi connectivity index (χ1v) is 10.3. The van der Waals surface area contributed by atoms with E-state index in [9.17, 15) is 13.6 Å². The molecule has 0 aliphatic carbocycles. The van der Waals surface area contributed by atoms with E-state index < -0.39 is 11.6 Å². The first-order chi connectivity index (χ1) is 14.4. The third-order valence-electron chi connectivity index (χ3n) is 5.04. The van der Waals surface area contributed by atoms with Gasteiger partial charge in [-0.2, -0.15) is 0 Å². The van der Waals surface area contributed by atoms with Crippen molar-refractivity contribution in [3.8, 4) is 5.75 Å². The van der Waals surface area contributed by atoms with E-state index in [4.69, 9.17) is 4.74 Å². The smallest absolute Gasteiger partial charge is 0.315 e. The minimum atomic E-state index is -0.843. The van der Waals surface area contributed by atoms with Gasteiger partial charge in [0.25, 0.3) is 0 Å². The molecule has 0 aromatic heterocycles. The fourth-order valence-electron chi connectivity index (χ4n) is 3.41. The Morgan fingerprint density at radius 1 is 1.17 bits per heavy atom. The maximum absolute atomic E-state index is 13.4. The highest BCUT2D eigenvalue weighted by Crippen LogP contribution is 2.25. The van der Waals surface area contributed by atoms with Crippen molar-refractivity contribution in [1.82, 2.24) is 10.6 Å². The van der Waals surface area contributed by atoms with E-state index in [1.54, 1.807) is 6.07 Å². The minimum Gasteiger partial charge on any atom is -0.493 e. The minimum absolute atomic E-state index is 0.227. The number of halogens is 2. The van der Waals surface area contributed by atoms with Crippen LogP contribution >= 0.6 is 0 Å². The molecule has 1 unspecified atom stereocenters. The van der Waals surface area contributed by atoms with Crippen LogP contribution in [0.2, 0.25) is 0 Å². The van der Waals surface area contributed by atoms with E-state index in [-0.39, 0.29) is 11.9 Å². The average Bonchev–Trinajstić information content (AvgIpc) is 3.20. The number of benzene rings is 2. The summed E-state index contributed by atoms with van der Waals surface area (Å²) in [7, 11) is 0. The Hall–Kier alpha value is -2.83. The van der Waals surface area contributed by atoms with Crippen LogP contribution in [0.25, 0.3) is 0 Å². The van der Waals surface area contributed by atoms with Crippen LogP contribution in [0.1, 0.15) is 25.8 Å². The highest BCUT2D eigenvalue weighted by molar-refractivity contribution is 5.73. The lowest BCUT2D eigenvalue weighted by atomic mass is 10.1. The molecule has 1 heterocycles. The van der Waals surface area contributed by atoms with E-state index >= 15 is 0 Å². The lowest BCUT2D eigenvalue weighted by Crippen LogP contribution is -2.38. The van der Waals surface area contributed by atoms with E-state index in [0.29, 0.717) is 37.8 Å². The average molecular weight is 418 g/mol. The zero-order valence-electron chi connectivity index (χ0n) is 17.5. The van der Waals surface area contributed by atoms with Crippen LogP contribution in [-0.2, 0) is 6.54 Å². The lowest BCUT2D eigenvalue weighted by Gasteiger charge is -2.19. The van der Waals surface area contributed by atoms with Crippen molar-refractivity contribution < 1.29 is 18.3 Å². The van der Waals surface area contributed by atoms with Crippen molar-refractivity contribution in [2.24, 2.45) is 11.8 Å². The van der Waals surface area contributed by atoms with Crippen LogP contribution in [0.5, 0.6) is 5.75 Å². The Bertz CT molecular complexity index is 860. The van der Waals surface area contributed by atoms with Gasteiger partial charge in [0.1, 0.15) is 5.75 Å². The molecule has 1 atom stereocenters. The van der Waals surface area contributed by atoms with Crippen LogP contribution < -0.4 is 20.3 Å². The summed E-state index contributed by atoms with van der Waals surface area (Å²) in [5.74, 6) is -0.175. The summed E-state index contributed by atoms with van der Waals surface area (Å²) in [5.41, 5.74) is 1.64. The van der Waals surface area contributed by atoms with Gasteiger partial charge in [0.05, 0.1) is 6.61 Å². The third-order valence-corrected chi connectivity index (χ3v) is 5.04. The van der Waals surface area contributed by atoms with Gasteiger partial charge in [-0.25, -0.2) is 13.6 Å². The molecule has 0 spiro atoms.